The SMILES string of the molecule is CN(C(=O)C1(CN)CCC1)c1ccc(Br)s1. The largest absolute Gasteiger partial charge is 0.329 e. The van der Waals surface area contributed by atoms with E-state index in [9.17, 15) is 4.79 Å². The second kappa shape index (κ2) is 4.47. The fourth-order valence-corrected chi connectivity index (χ4v) is 3.37. The maximum absolute atomic E-state index is 12.3. The number of anilines is 1. The van der Waals surface area contributed by atoms with Gasteiger partial charge in [-0.1, -0.05) is 6.42 Å². The Kier molecular flexibility index (Phi) is 3.37. The van der Waals surface area contributed by atoms with Crippen LogP contribution in [0.1, 0.15) is 19.3 Å². The molecule has 0 atom stereocenters. The first kappa shape index (κ1) is 12.1. The van der Waals surface area contributed by atoms with Crippen molar-refractivity contribution in [3.05, 3.63) is 15.9 Å². The van der Waals surface area contributed by atoms with Crippen molar-refractivity contribution < 1.29 is 4.79 Å². The predicted molar refractivity (Wildman–Crippen MR) is 70.8 cm³/mol. The molecule has 3 nitrogen and oxygen atoms in total. The number of carbonyl (C=O) groups excluding carboxylic acids is 1. The fourth-order valence-electron chi connectivity index (χ4n) is 2.05. The Hall–Kier alpha value is -0.390. The summed E-state index contributed by atoms with van der Waals surface area (Å²) in [6, 6.07) is 3.91. The van der Waals surface area contributed by atoms with E-state index in [4.69, 9.17) is 5.73 Å². The van der Waals surface area contributed by atoms with E-state index in [1.807, 2.05) is 19.2 Å². The van der Waals surface area contributed by atoms with Crippen LogP contribution in [-0.2, 0) is 4.79 Å². The van der Waals surface area contributed by atoms with Crippen molar-refractivity contribution in [3.8, 4) is 0 Å². The van der Waals surface area contributed by atoms with Crippen molar-refractivity contribution in [1.82, 2.24) is 0 Å². The molecule has 0 aliphatic heterocycles. The molecule has 1 aliphatic rings. The Balaban J connectivity index is 2.15. The lowest BCUT2D eigenvalue weighted by Crippen LogP contribution is -2.50. The van der Waals surface area contributed by atoms with E-state index >= 15 is 0 Å². The first-order chi connectivity index (χ1) is 7.59. The lowest BCUT2D eigenvalue weighted by Gasteiger charge is -2.41. The lowest BCUT2D eigenvalue weighted by molar-refractivity contribution is -0.131. The molecule has 0 bridgehead atoms. The molecule has 1 aliphatic carbocycles. The van der Waals surface area contributed by atoms with Crippen molar-refractivity contribution >= 4 is 38.2 Å². The number of rotatable bonds is 3. The second-order valence-corrected chi connectivity index (χ2v) is 6.72. The molecule has 0 radical (unpaired) electrons. The summed E-state index contributed by atoms with van der Waals surface area (Å²) in [4.78, 5) is 14.1. The van der Waals surface area contributed by atoms with Crippen LogP contribution in [0.15, 0.2) is 15.9 Å². The highest BCUT2D eigenvalue weighted by Crippen LogP contribution is 2.43. The van der Waals surface area contributed by atoms with Gasteiger partial charge in [0.25, 0.3) is 0 Å². The third kappa shape index (κ3) is 1.92. The summed E-state index contributed by atoms with van der Waals surface area (Å²) in [5.74, 6) is 0.163. The summed E-state index contributed by atoms with van der Waals surface area (Å²) < 4.78 is 1.04. The zero-order valence-electron chi connectivity index (χ0n) is 9.20. The molecule has 1 amide bonds. The summed E-state index contributed by atoms with van der Waals surface area (Å²) in [6.07, 6.45) is 2.98. The maximum Gasteiger partial charge on any atom is 0.234 e. The smallest absolute Gasteiger partial charge is 0.234 e. The van der Waals surface area contributed by atoms with Gasteiger partial charge in [0.1, 0.15) is 0 Å². The van der Waals surface area contributed by atoms with Gasteiger partial charge in [0.15, 0.2) is 0 Å². The second-order valence-electron chi connectivity index (χ2n) is 4.28. The molecular weight excluding hydrogens is 288 g/mol. The van der Waals surface area contributed by atoms with Gasteiger partial charge in [0.05, 0.1) is 14.2 Å². The van der Waals surface area contributed by atoms with Crippen LogP contribution in [-0.4, -0.2) is 19.5 Å². The number of nitrogens with zero attached hydrogens (tertiary/aromatic N) is 1. The first-order valence-electron chi connectivity index (χ1n) is 5.33. The van der Waals surface area contributed by atoms with Crippen LogP contribution in [0.3, 0.4) is 0 Å². The van der Waals surface area contributed by atoms with Gasteiger partial charge in [-0.25, -0.2) is 0 Å². The highest BCUT2D eigenvalue weighted by molar-refractivity contribution is 9.11. The van der Waals surface area contributed by atoms with Crippen LogP contribution in [0, 0.1) is 5.41 Å². The molecule has 2 N–H and O–H groups in total. The molecule has 16 heavy (non-hydrogen) atoms. The Morgan fingerprint density at radius 1 is 1.62 bits per heavy atom. The third-order valence-electron chi connectivity index (χ3n) is 3.35. The van der Waals surface area contributed by atoms with Crippen LogP contribution < -0.4 is 10.6 Å². The minimum atomic E-state index is -0.286. The molecule has 0 saturated heterocycles. The molecule has 1 aromatic rings. The Morgan fingerprint density at radius 3 is 2.69 bits per heavy atom. The van der Waals surface area contributed by atoms with Crippen molar-refractivity contribution in [2.45, 2.75) is 19.3 Å². The summed E-state index contributed by atoms with van der Waals surface area (Å²) >= 11 is 4.97. The number of thiophene rings is 1. The molecule has 1 heterocycles. The van der Waals surface area contributed by atoms with Gasteiger partial charge in [-0.15, -0.1) is 11.3 Å². The molecule has 1 aromatic heterocycles. The lowest BCUT2D eigenvalue weighted by atomic mass is 9.68. The molecular formula is C11H15BrN2OS. The quantitative estimate of drug-likeness (QED) is 0.933. The van der Waals surface area contributed by atoms with E-state index < -0.39 is 0 Å². The first-order valence-corrected chi connectivity index (χ1v) is 6.93. The third-order valence-corrected chi connectivity index (χ3v) is 5.05. The van der Waals surface area contributed by atoms with Crippen molar-refractivity contribution in [2.75, 3.05) is 18.5 Å². The average Bonchev–Trinajstić information content (AvgIpc) is 2.63. The number of hydrogen-bond acceptors (Lipinski definition) is 3. The highest BCUT2D eigenvalue weighted by Gasteiger charge is 2.44. The average molecular weight is 303 g/mol. The van der Waals surface area contributed by atoms with Gasteiger partial charge in [0.2, 0.25) is 5.91 Å². The van der Waals surface area contributed by atoms with Gasteiger partial charge in [-0.2, -0.15) is 0 Å². The summed E-state index contributed by atoms with van der Waals surface area (Å²) in [7, 11) is 1.83. The number of nitrogens with two attached hydrogens (primary N) is 1. The molecule has 2 rings (SSSR count). The summed E-state index contributed by atoms with van der Waals surface area (Å²) in [5, 5.41) is 0.969. The van der Waals surface area contributed by atoms with Crippen LogP contribution >= 0.6 is 27.3 Å². The van der Waals surface area contributed by atoms with Crippen LogP contribution in [0.4, 0.5) is 5.00 Å². The van der Waals surface area contributed by atoms with E-state index in [1.54, 1.807) is 16.2 Å². The van der Waals surface area contributed by atoms with Gasteiger partial charge >= 0.3 is 0 Å². The number of hydrogen-bond donors (Lipinski definition) is 1. The minimum Gasteiger partial charge on any atom is -0.329 e. The molecule has 0 unspecified atom stereocenters. The van der Waals surface area contributed by atoms with Crippen molar-refractivity contribution in [3.63, 3.8) is 0 Å². The van der Waals surface area contributed by atoms with Crippen molar-refractivity contribution in [1.29, 1.82) is 0 Å². The monoisotopic (exact) mass is 302 g/mol. The molecule has 1 fully saturated rings. The van der Waals surface area contributed by atoms with Gasteiger partial charge < -0.3 is 10.6 Å². The standard InChI is InChI=1S/C11H15BrN2OS/c1-14(9-4-3-8(12)16-9)10(15)11(7-13)5-2-6-11/h3-4H,2,5-7,13H2,1H3. The van der Waals surface area contributed by atoms with E-state index in [1.165, 1.54) is 0 Å². The number of halogens is 1. The fraction of sp³-hybridized carbons (Fsp3) is 0.545. The zero-order valence-corrected chi connectivity index (χ0v) is 11.6. The summed E-state index contributed by atoms with van der Waals surface area (Å²) in [6.45, 7) is 0.461. The van der Waals surface area contributed by atoms with E-state index in [0.717, 1.165) is 28.0 Å². The normalized spacial score (nSPS) is 17.9. The summed E-state index contributed by atoms with van der Waals surface area (Å²) in [5.41, 5.74) is 5.45. The van der Waals surface area contributed by atoms with E-state index in [-0.39, 0.29) is 11.3 Å². The Morgan fingerprint density at radius 2 is 2.31 bits per heavy atom. The molecule has 5 heteroatoms. The van der Waals surface area contributed by atoms with Gasteiger partial charge in [-0.05, 0) is 40.9 Å². The van der Waals surface area contributed by atoms with Crippen LogP contribution in [0.5, 0.6) is 0 Å². The molecule has 88 valence electrons. The Bertz CT molecular complexity index is 395. The van der Waals surface area contributed by atoms with Gasteiger partial charge in [0, 0.05) is 13.6 Å². The molecule has 1 saturated carbocycles. The van der Waals surface area contributed by atoms with E-state index in [0.29, 0.717) is 6.54 Å². The minimum absolute atomic E-state index is 0.163. The maximum atomic E-state index is 12.3. The van der Waals surface area contributed by atoms with Crippen molar-refractivity contribution in [2.24, 2.45) is 11.1 Å². The molecule has 0 spiro atoms. The molecule has 0 aromatic carbocycles. The highest BCUT2D eigenvalue weighted by atomic mass is 79.9. The topological polar surface area (TPSA) is 46.3 Å². The van der Waals surface area contributed by atoms with Gasteiger partial charge in [-0.3, -0.25) is 4.79 Å². The zero-order chi connectivity index (χ0) is 11.8. The van der Waals surface area contributed by atoms with Crippen LogP contribution in [0.2, 0.25) is 0 Å². The number of carbonyl (C=O) groups is 1. The van der Waals surface area contributed by atoms with E-state index in [2.05, 4.69) is 15.9 Å². The predicted octanol–water partition coefficient (Wildman–Crippen LogP) is 2.60. The number of amides is 1. The Labute approximate surface area is 108 Å². The van der Waals surface area contributed by atoms with Crippen LogP contribution in [0.25, 0.3) is 0 Å².